The summed E-state index contributed by atoms with van der Waals surface area (Å²) in [7, 11) is 1.56. The maximum absolute atomic E-state index is 13.2. The molecule has 1 aliphatic rings. The molecule has 2 aromatic carbocycles. The molecule has 4 rings (SSSR count). The SMILES string of the molecule is COc1cc(C(=O)N2CCN(Cc3cccc4cccnc34)CC2)cc(Cl)c1OCC(C)C. The number of aromatic nitrogens is 1. The third-order valence-electron chi connectivity index (χ3n) is 5.81. The summed E-state index contributed by atoms with van der Waals surface area (Å²) in [5.41, 5.74) is 2.77. The summed E-state index contributed by atoms with van der Waals surface area (Å²) in [6.07, 6.45) is 1.83. The molecule has 0 radical (unpaired) electrons. The van der Waals surface area contributed by atoms with Crippen LogP contribution in [0.25, 0.3) is 10.9 Å². The largest absolute Gasteiger partial charge is 0.493 e. The van der Waals surface area contributed by atoms with Gasteiger partial charge >= 0.3 is 0 Å². The van der Waals surface area contributed by atoms with E-state index in [1.807, 2.05) is 17.2 Å². The Hall–Kier alpha value is -2.83. The fraction of sp³-hybridized carbons (Fsp3) is 0.385. The average Bonchev–Trinajstić information content (AvgIpc) is 2.83. The molecule has 1 fully saturated rings. The summed E-state index contributed by atoms with van der Waals surface area (Å²) in [6, 6.07) is 13.7. The number of pyridine rings is 1. The lowest BCUT2D eigenvalue weighted by atomic mass is 10.1. The first-order valence-electron chi connectivity index (χ1n) is 11.3. The summed E-state index contributed by atoms with van der Waals surface area (Å²) in [4.78, 5) is 22.0. The first-order valence-corrected chi connectivity index (χ1v) is 11.7. The first kappa shape index (κ1) is 23.3. The van der Waals surface area contributed by atoms with E-state index in [0.717, 1.165) is 30.5 Å². The molecule has 0 atom stereocenters. The van der Waals surface area contributed by atoms with Gasteiger partial charge in [0.15, 0.2) is 11.5 Å². The molecule has 0 N–H and O–H groups in total. The van der Waals surface area contributed by atoms with Crippen LogP contribution in [0.5, 0.6) is 11.5 Å². The summed E-state index contributed by atoms with van der Waals surface area (Å²) in [6.45, 7) is 8.38. The summed E-state index contributed by atoms with van der Waals surface area (Å²) >= 11 is 6.45. The van der Waals surface area contributed by atoms with Gasteiger partial charge < -0.3 is 14.4 Å². The van der Waals surface area contributed by atoms with E-state index in [0.29, 0.717) is 47.7 Å². The smallest absolute Gasteiger partial charge is 0.254 e. The number of fused-ring (bicyclic) bond motifs is 1. The lowest BCUT2D eigenvalue weighted by molar-refractivity contribution is 0.0628. The highest BCUT2D eigenvalue weighted by Crippen LogP contribution is 2.37. The Morgan fingerprint density at radius 3 is 2.61 bits per heavy atom. The van der Waals surface area contributed by atoms with E-state index in [9.17, 15) is 4.79 Å². The second kappa shape index (κ2) is 10.4. The van der Waals surface area contributed by atoms with Crippen molar-refractivity contribution in [2.75, 3.05) is 39.9 Å². The number of para-hydroxylation sites is 1. The number of carbonyl (C=O) groups excluding carboxylic acids is 1. The van der Waals surface area contributed by atoms with Crippen LogP contribution in [0.1, 0.15) is 29.8 Å². The molecule has 1 amide bonds. The Morgan fingerprint density at radius 1 is 1.12 bits per heavy atom. The Labute approximate surface area is 200 Å². The average molecular weight is 468 g/mol. The molecule has 174 valence electrons. The van der Waals surface area contributed by atoms with Crippen molar-refractivity contribution in [1.82, 2.24) is 14.8 Å². The number of piperazine rings is 1. The number of nitrogens with zero attached hydrogens (tertiary/aromatic N) is 3. The second-order valence-corrected chi connectivity index (χ2v) is 9.16. The van der Waals surface area contributed by atoms with Gasteiger partial charge in [-0.05, 0) is 29.7 Å². The molecule has 0 aliphatic carbocycles. The van der Waals surface area contributed by atoms with E-state index in [-0.39, 0.29) is 5.91 Å². The number of hydrogen-bond acceptors (Lipinski definition) is 5. The maximum Gasteiger partial charge on any atom is 0.254 e. The molecule has 1 aliphatic heterocycles. The molecule has 6 nitrogen and oxygen atoms in total. The minimum Gasteiger partial charge on any atom is -0.493 e. The monoisotopic (exact) mass is 467 g/mol. The van der Waals surface area contributed by atoms with Gasteiger partial charge in [-0.3, -0.25) is 14.7 Å². The molecular formula is C26H30ClN3O3. The predicted octanol–water partition coefficient (Wildman–Crippen LogP) is 4.89. The van der Waals surface area contributed by atoms with Gasteiger partial charge in [-0.25, -0.2) is 0 Å². The van der Waals surface area contributed by atoms with Gasteiger partial charge in [0.05, 0.1) is 24.3 Å². The molecule has 1 saturated heterocycles. The zero-order valence-electron chi connectivity index (χ0n) is 19.4. The van der Waals surface area contributed by atoms with Crippen molar-refractivity contribution in [2.24, 2.45) is 5.92 Å². The molecule has 0 saturated carbocycles. The van der Waals surface area contributed by atoms with Crippen molar-refractivity contribution in [1.29, 1.82) is 0 Å². The predicted molar refractivity (Wildman–Crippen MR) is 131 cm³/mol. The Balaban J connectivity index is 1.41. The number of hydrogen-bond donors (Lipinski definition) is 0. The van der Waals surface area contributed by atoms with Gasteiger partial charge in [0.2, 0.25) is 0 Å². The van der Waals surface area contributed by atoms with E-state index in [2.05, 4.69) is 48.0 Å². The number of benzene rings is 2. The fourth-order valence-electron chi connectivity index (χ4n) is 4.06. The van der Waals surface area contributed by atoms with Crippen LogP contribution in [0.15, 0.2) is 48.7 Å². The highest BCUT2D eigenvalue weighted by Gasteiger charge is 2.25. The van der Waals surface area contributed by atoms with Crippen LogP contribution in [-0.4, -0.2) is 60.6 Å². The molecule has 2 heterocycles. The van der Waals surface area contributed by atoms with Gasteiger partial charge in [0.25, 0.3) is 5.91 Å². The van der Waals surface area contributed by atoms with Crippen LogP contribution in [0, 0.1) is 5.92 Å². The van der Waals surface area contributed by atoms with Gasteiger partial charge in [0, 0.05) is 49.9 Å². The van der Waals surface area contributed by atoms with E-state index in [4.69, 9.17) is 21.1 Å². The Morgan fingerprint density at radius 2 is 1.88 bits per heavy atom. The summed E-state index contributed by atoms with van der Waals surface area (Å²) in [5, 5.41) is 1.54. The van der Waals surface area contributed by atoms with Crippen LogP contribution < -0.4 is 9.47 Å². The van der Waals surface area contributed by atoms with Crippen molar-refractivity contribution < 1.29 is 14.3 Å². The zero-order chi connectivity index (χ0) is 23.4. The van der Waals surface area contributed by atoms with E-state index in [1.54, 1.807) is 19.2 Å². The third-order valence-corrected chi connectivity index (χ3v) is 6.09. The normalized spacial score (nSPS) is 14.6. The maximum atomic E-state index is 13.2. The highest BCUT2D eigenvalue weighted by atomic mass is 35.5. The summed E-state index contributed by atoms with van der Waals surface area (Å²) in [5.74, 6) is 1.27. The lowest BCUT2D eigenvalue weighted by Crippen LogP contribution is -2.48. The molecule has 7 heteroatoms. The summed E-state index contributed by atoms with van der Waals surface area (Å²) < 4.78 is 11.3. The number of ether oxygens (including phenoxy) is 2. The number of rotatable bonds is 7. The van der Waals surface area contributed by atoms with Crippen LogP contribution >= 0.6 is 11.6 Å². The van der Waals surface area contributed by atoms with Crippen molar-refractivity contribution >= 4 is 28.4 Å². The molecular weight excluding hydrogens is 438 g/mol. The van der Waals surface area contributed by atoms with Crippen molar-refractivity contribution in [3.63, 3.8) is 0 Å². The van der Waals surface area contributed by atoms with E-state index >= 15 is 0 Å². The molecule has 0 bridgehead atoms. The van der Waals surface area contributed by atoms with Crippen LogP contribution in [0.4, 0.5) is 0 Å². The van der Waals surface area contributed by atoms with Crippen molar-refractivity contribution in [2.45, 2.75) is 20.4 Å². The van der Waals surface area contributed by atoms with Gasteiger partial charge in [-0.1, -0.05) is 49.7 Å². The Bertz CT molecular complexity index is 1120. The quantitative estimate of drug-likeness (QED) is 0.495. The minimum atomic E-state index is -0.0444. The fourth-order valence-corrected chi connectivity index (χ4v) is 4.33. The van der Waals surface area contributed by atoms with Crippen LogP contribution in [-0.2, 0) is 6.54 Å². The van der Waals surface area contributed by atoms with Gasteiger partial charge in [0.1, 0.15) is 0 Å². The highest BCUT2D eigenvalue weighted by molar-refractivity contribution is 6.32. The molecule has 0 unspecified atom stereocenters. The van der Waals surface area contributed by atoms with Crippen LogP contribution in [0.3, 0.4) is 0 Å². The first-order chi connectivity index (χ1) is 16.0. The van der Waals surface area contributed by atoms with Gasteiger partial charge in [-0.2, -0.15) is 0 Å². The lowest BCUT2D eigenvalue weighted by Gasteiger charge is -2.35. The zero-order valence-corrected chi connectivity index (χ0v) is 20.1. The number of methoxy groups -OCH3 is 1. The standard InChI is InChI=1S/C26H30ClN3O3/c1-18(2)17-33-25-22(27)14-21(15-23(25)32-3)26(31)30-12-10-29(11-13-30)16-20-7-4-6-19-8-5-9-28-24(19)20/h4-9,14-15,18H,10-13,16-17H2,1-3H3. The third kappa shape index (κ3) is 5.40. The number of amides is 1. The number of carbonyl (C=O) groups is 1. The molecule has 33 heavy (non-hydrogen) atoms. The topological polar surface area (TPSA) is 54.9 Å². The minimum absolute atomic E-state index is 0.0444. The number of halogens is 1. The van der Waals surface area contributed by atoms with Crippen LogP contribution in [0.2, 0.25) is 5.02 Å². The van der Waals surface area contributed by atoms with Gasteiger partial charge in [-0.15, -0.1) is 0 Å². The molecule has 1 aromatic heterocycles. The van der Waals surface area contributed by atoms with E-state index < -0.39 is 0 Å². The van der Waals surface area contributed by atoms with Crippen molar-refractivity contribution in [3.8, 4) is 11.5 Å². The Kier molecular flexibility index (Phi) is 7.36. The molecule has 0 spiro atoms. The van der Waals surface area contributed by atoms with E-state index in [1.165, 1.54) is 5.56 Å². The second-order valence-electron chi connectivity index (χ2n) is 8.75. The van der Waals surface area contributed by atoms with Crippen molar-refractivity contribution in [3.05, 3.63) is 64.8 Å². The molecule has 3 aromatic rings.